The third-order valence-electron chi connectivity index (χ3n) is 2.91. The Balaban J connectivity index is 1.80. The lowest BCUT2D eigenvalue weighted by molar-refractivity contribution is -0.141. The summed E-state index contributed by atoms with van der Waals surface area (Å²) in [5, 5.41) is 0. The van der Waals surface area contributed by atoms with Gasteiger partial charge < -0.3 is 14.2 Å². The van der Waals surface area contributed by atoms with Gasteiger partial charge in [-0.3, -0.25) is 4.79 Å². The number of hydrogen-bond donors (Lipinski definition) is 0. The second kappa shape index (κ2) is 9.15. The molecule has 0 aromatic heterocycles. The molecule has 0 amide bonds. The number of hydrogen-bond acceptors (Lipinski definition) is 5. The highest BCUT2D eigenvalue weighted by molar-refractivity contribution is 5.88. The van der Waals surface area contributed by atoms with E-state index >= 15 is 0 Å². The third kappa shape index (κ3) is 6.36. The molecule has 0 radical (unpaired) electrons. The summed E-state index contributed by atoms with van der Waals surface area (Å²) < 4.78 is 15.4. The lowest BCUT2D eigenvalue weighted by Crippen LogP contribution is -2.09. The van der Waals surface area contributed by atoms with Crippen molar-refractivity contribution < 1.29 is 23.8 Å². The van der Waals surface area contributed by atoms with E-state index in [2.05, 4.69) is 0 Å². The van der Waals surface area contributed by atoms with E-state index in [0.29, 0.717) is 11.5 Å². The predicted octanol–water partition coefficient (Wildman–Crippen LogP) is 3.25. The van der Waals surface area contributed by atoms with E-state index in [4.69, 9.17) is 14.2 Å². The van der Waals surface area contributed by atoms with Crippen molar-refractivity contribution in [2.45, 2.75) is 6.92 Å². The summed E-state index contributed by atoms with van der Waals surface area (Å²) in [5.41, 5.74) is 0.840. The van der Waals surface area contributed by atoms with Crippen LogP contribution in [-0.2, 0) is 14.3 Å². The smallest absolute Gasteiger partial charge is 0.336 e. The van der Waals surface area contributed by atoms with Crippen molar-refractivity contribution in [1.82, 2.24) is 0 Å². The number of esters is 2. The van der Waals surface area contributed by atoms with Crippen LogP contribution in [0.4, 0.5) is 0 Å². The lowest BCUT2D eigenvalue weighted by atomic mass is 10.2. The number of para-hydroxylation sites is 1. The normalized spacial score (nSPS) is 10.4. The maximum atomic E-state index is 11.7. The molecule has 5 nitrogen and oxygen atoms in total. The summed E-state index contributed by atoms with van der Waals surface area (Å²) >= 11 is 0. The standard InChI is InChI=1S/C19H18O5/c1-15(20)22-13-14-23-17-10-7-16(8-11-17)9-12-19(21)24-18-5-3-2-4-6-18/h2-12H,13-14H2,1H3. The number of carbonyl (C=O) groups excluding carboxylic acids is 2. The van der Waals surface area contributed by atoms with Crippen molar-refractivity contribution >= 4 is 18.0 Å². The summed E-state index contributed by atoms with van der Waals surface area (Å²) in [7, 11) is 0. The fraction of sp³-hybridized carbons (Fsp3) is 0.158. The second-order valence-corrected chi connectivity index (χ2v) is 4.83. The van der Waals surface area contributed by atoms with Gasteiger partial charge in [0.1, 0.15) is 24.7 Å². The van der Waals surface area contributed by atoms with Crippen LogP contribution < -0.4 is 9.47 Å². The molecule has 24 heavy (non-hydrogen) atoms. The molecule has 0 bridgehead atoms. The highest BCUT2D eigenvalue weighted by Gasteiger charge is 2.00. The third-order valence-corrected chi connectivity index (χ3v) is 2.91. The molecule has 0 saturated carbocycles. The number of benzene rings is 2. The maximum Gasteiger partial charge on any atom is 0.336 e. The van der Waals surface area contributed by atoms with Gasteiger partial charge in [0.25, 0.3) is 0 Å². The molecule has 2 aromatic rings. The highest BCUT2D eigenvalue weighted by atomic mass is 16.6. The van der Waals surface area contributed by atoms with Crippen molar-refractivity contribution in [1.29, 1.82) is 0 Å². The second-order valence-electron chi connectivity index (χ2n) is 4.83. The van der Waals surface area contributed by atoms with Crippen molar-refractivity contribution in [2.75, 3.05) is 13.2 Å². The van der Waals surface area contributed by atoms with Crippen LogP contribution in [0.5, 0.6) is 11.5 Å². The van der Waals surface area contributed by atoms with Crippen LogP contribution in [0.15, 0.2) is 60.7 Å². The van der Waals surface area contributed by atoms with Gasteiger partial charge in [-0.05, 0) is 35.9 Å². The van der Waals surface area contributed by atoms with Gasteiger partial charge in [0.05, 0.1) is 0 Å². The Bertz CT molecular complexity index is 689. The molecule has 0 unspecified atom stereocenters. The van der Waals surface area contributed by atoms with Crippen molar-refractivity contribution in [2.24, 2.45) is 0 Å². The molecule has 0 N–H and O–H groups in total. The first-order valence-corrected chi connectivity index (χ1v) is 7.44. The highest BCUT2D eigenvalue weighted by Crippen LogP contribution is 2.14. The molecule has 0 atom stereocenters. The fourth-order valence-corrected chi connectivity index (χ4v) is 1.82. The quantitative estimate of drug-likeness (QED) is 0.338. The Hall–Kier alpha value is -3.08. The molecule has 0 fully saturated rings. The first-order chi connectivity index (χ1) is 11.6. The molecule has 0 aliphatic heterocycles. The molecule has 5 heteroatoms. The maximum absolute atomic E-state index is 11.7. The summed E-state index contributed by atoms with van der Waals surface area (Å²) in [6.45, 7) is 1.85. The van der Waals surface area contributed by atoms with Gasteiger partial charge in [-0.2, -0.15) is 0 Å². The Labute approximate surface area is 140 Å². The van der Waals surface area contributed by atoms with Crippen molar-refractivity contribution in [3.05, 3.63) is 66.2 Å². The molecule has 2 aromatic carbocycles. The zero-order chi connectivity index (χ0) is 17.2. The monoisotopic (exact) mass is 326 g/mol. The van der Waals surface area contributed by atoms with E-state index in [1.807, 2.05) is 18.2 Å². The molecule has 0 saturated heterocycles. The van der Waals surface area contributed by atoms with Gasteiger partial charge in [-0.1, -0.05) is 30.3 Å². The average Bonchev–Trinajstić information content (AvgIpc) is 2.59. The average molecular weight is 326 g/mol. The zero-order valence-electron chi connectivity index (χ0n) is 13.3. The number of carbonyl (C=O) groups is 2. The summed E-state index contributed by atoms with van der Waals surface area (Å²) in [6.07, 6.45) is 3.03. The van der Waals surface area contributed by atoms with Gasteiger partial charge in [0.2, 0.25) is 0 Å². The summed E-state index contributed by atoms with van der Waals surface area (Å²) in [6, 6.07) is 16.1. The molecule has 124 valence electrons. The molecular weight excluding hydrogens is 308 g/mol. The van der Waals surface area contributed by atoms with Gasteiger partial charge >= 0.3 is 11.9 Å². The lowest BCUT2D eigenvalue weighted by Gasteiger charge is -2.06. The largest absolute Gasteiger partial charge is 0.490 e. The minimum Gasteiger partial charge on any atom is -0.490 e. The van der Waals surface area contributed by atoms with Crippen molar-refractivity contribution in [3.63, 3.8) is 0 Å². The number of rotatable bonds is 7. The molecule has 0 aliphatic carbocycles. The fourth-order valence-electron chi connectivity index (χ4n) is 1.82. The van der Waals surface area contributed by atoms with Crippen LogP contribution >= 0.6 is 0 Å². The van der Waals surface area contributed by atoms with E-state index in [-0.39, 0.29) is 19.2 Å². The van der Waals surface area contributed by atoms with E-state index in [0.717, 1.165) is 5.56 Å². The summed E-state index contributed by atoms with van der Waals surface area (Å²) in [5.74, 6) is 0.388. The first kappa shape index (κ1) is 17.3. The SMILES string of the molecule is CC(=O)OCCOc1ccc(C=CC(=O)Oc2ccccc2)cc1. The predicted molar refractivity (Wildman–Crippen MR) is 89.7 cm³/mol. The van der Waals surface area contributed by atoms with Crippen LogP contribution in [0.2, 0.25) is 0 Å². The minimum absolute atomic E-state index is 0.211. The Morgan fingerprint density at radius 2 is 1.62 bits per heavy atom. The molecule has 2 rings (SSSR count). The molecule has 0 heterocycles. The van der Waals surface area contributed by atoms with Crippen molar-refractivity contribution in [3.8, 4) is 11.5 Å². The van der Waals surface area contributed by atoms with Crippen LogP contribution in [0.3, 0.4) is 0 Å². The van der Waals surface area contributed by atoms with Crippen LogP contribution in [0.1, 0.15) is 12.5 Å². The van der Waals surface area contributed by atoms with E-state index < -0.39 is 5.97 Å². The Kier molecular flexibility index (Phi) is 6.58. The van der Waals surface area contributed by atoms with Gasteiger partial charge in [-0.25, -0.2) is 4.79 Å². The van der Waals surface area contributed by atoms with E-state index in [1.54, 1.807) is 42.5 Å². The van der Waals surface area contributed by atoms with Crippen LogP contribution in [0.25, 0.3) is 6.08 Å². The molecular formula is C19H18O5. The van der Waals surface area contributed by atoms with E-state index in [1.165, 1.54) is 13.0 Å². The topological polar surface area (TPSA) is 61.8 Å². The van der Waals surface area contributed by atoms with Gasteiger partial charge in [0.15, 0.2) is 0 Å². The van der Waals surface area contributed by atoms with E-state index in [9.17, 15) is 9.59 Å². The van der Waals surface area contributed by atoms with Gasteiger partial charge in [0, 0.05) is 13.0 Å². The first-order valence-electron chi connectivity index (χ1n) is 7.44. The minimum atomic E-state index is -0.442. The van der Waals surface area contributed by atoms with Crippen LogP contribution in [0, 0.1) is 0 Å². The van der Waals surface area contributed by atoms with Gasteiger partial charge in [-0.15, -0.1) is 0 Å². The molecule has 0 spiro atoms. The Morgan fingerprint density at radius 3 is 2.29 bits per heavy atom. The number of ether oxygens (including phenoxy) is 3. The molecule has 0 aliphatic rings. The summed E-state index contributed by atoms with van der Waals surface area (Å²) in [4.78, 5) is 22.3. The zero-order valence-corrected chi connectivity index (χ0v) is 13.3. The Morgan fingerprint density at radius 1 is 0.917 bits per heavy atom. The van der Waals surface area contributed by atoms with Crippen LogP contribution in [-0.4, -0.2) is 25.2 Å².